The average Bonchev–Trinajstić information content (AvgIpc) is 2.52. The number of aliphatic hydroxyl groups is 1. The third-order valence-electron chi connectivity index (χ3n) is 4.42. The summed E-state index contributed by atoms with van der Waals surface area (Å²) in [4.78, 5) is 14.3. The van der Waals surface area contributed by atoms with E-state index in [-0.39, 0.29) is 12.6 Å². The maximum absolute atomic E-state index is 12.1. The minimum absolute atomic E-state index is 0.270. The zero-order valence-electron chi connectivity index (χ0n) is 13.0. The molecule has 6 nitrogen and oxygen atoms in total. The van der Waals surface area contributed by atoms with Crippen LogP contribution >= 0.6 is 11.6 Å². The van der Waals surface area contributed by atoms with Crippen molar-refractivity contribution in [1.82, 2.24) is 5.32 Å². The topological polar surface area (TPSA) is 73.8 Å². The molecule has 1 aliphatic heterocycles. The maximum atomic E-state index is 12.1. The van der Waals surface area contributed by atoms with E-state index in [1.165, 1.54) is 0 Å². The number of hydrogen-bond acceptors (Lipinski definition) is 4. The van der Waals surface area contributed by atoms with E-state index in [9.17, 15) is 9.90 Å². The van der Waals surface area contributed by atoms with Crippen molar-refractivity contribution in [3.63, 3.8) is 0 Å². The molecule has 2 amide bonds. The first-order valence-electron chi connectivity index (χ1n) is 7.95. The summed E-state index contributed by atoms with van der Waals surface area (Å²) in [5, 5.41) is 16.2. The summed E-state index contributed by atoms with van der Waals surface area (Å²) in [6, 6.07) is 5.13. The molecule has 23 heavy (non-hydrogen) atoms. The molecule has 0 aromatic heterocycles. The van der Waals surface area contributed by atoms with E-state index in [2.05, 4.69) is 15.5 Å². The van der Waals surface area contributed by atoms with Gasteiger partial charge >= 0.3 is 6.03 Å². The Bertz CT molecular complexity index is 572. The number of urea groups is 1. The van der Waals surface area contributed by atoms with Crippen molar-refractivity contribution in [3.8, 4) is 0 Å². The Morgan fingerprint density at radius 2 is 2.09 bits per heavy atom. The number of ether oxygens (including phenoxy) is 1. The lowest BCUT2D eigenvalue weighted by molar-refractivity contribution is -0.0287. The van der Waals surface area contributed by atoms with Crippen LogP contribution in [0.5, 0.6) is 0 Å². The van der Waals surface area contributed by atoms with Crippen LogP contribution in [0, 0.1) is 0 Å². The monoisotopic (exact) mass is 339 g/mol. The third kappa shape index (κ3) is 4.07. The molecule has 1 saturated heterocycles. The Morgan fingerprint density at radius 1 is 1.35 bits per heavy atom. The largest absolute Gasteiger partial charge is 0.388 e. The zero-order valence-corrected chi connectivity index (χ0v) is 13.7. The lowest BCUT2D eigenvalue weighted by atomic mass is 9.80. The molecule has 1 aromatic rings. The van der Waals surface area contributed by atoms with Crippen LogP contribution in [0.2, 0.25) is 5.02 Å². The first-order valence-corrected chi connectivity index (χ1v) is 8.33. The van der Waals surface area contributed by atoms with E-state index >= 15 is 0 Å². The number of benzene rings is 1. The number of carbonyl (C=O) groups excluding carboxylic acids is 1. The molecule has 7 heteroatoms. The van der Waals surface area contributed by atoms with E-state index in [0.29, 0.717) is 23.9 Å². The molecule has 0 bridgehead atoms. The van der Waals surface area contributed by atoms with Crippen LogP contribution in [0.15, 0.2) is 18.2 Å². The Hall–Kier alpha value is -1.50. The second-order valence-corrected chi connectivity index (χ2v) is 6.58. The van der Waals surface area contributed by atoms with Gasteiger partial charge in [-0.25, -0.2) is 4.79 Å². The van der Waals surface area contributed by atoms with Crippen LogP contribution in [0.3, 0.4) is 0 Å². The van der Waals surface area contributed by atoms with Gasteiger partial charge in [0.25, 0.3) is 0 Å². The first kappa shape index (κ1) is 16.4. The van der Waals surface area contributed by atoms with Gasteiger partial charge in [0.05, 0.1) is 30.2 Å². The van der Waals surface area contributed by atoms with Gasteiger partial charge in [0.1, 0.15) is 0 Å². The van der Waals surface area contributed by atoms with Gasteiger partial charge in [0, 0.05) is 24.7 Å². The molecular weight excluding hydrogens is 318 g/mol. The first-order chi connectivity index (χ1) is 11.1. The highest BCUT2D eigenvalue weighted by atomic mass is 35.5. The molecule has 3 rings (SSSR count). The number of halogens is 1. The van der Waals surface area contributed by atoms with Crippen molar-refractivity contribution in [2.75, 3.05) is 43.1 Å². The molecular formula is C16H22ClN3O3. The van der Waals surface area contributed by atoms with Gasteiger partial charge in [-0.3, -0.25) is 0 Å². The predicted octanol–water partition coefficient (Wildman–Crippen LogP) is 2.21. The summed E-state index contributed by atoms with van der Waals surface area (Å²) in [6.07, 6.45) is 2.49. The van der Waals surface area contributed by atoms with Crippen LogP contribution in [0.4, 0.5) is 16.2 Å². The fourth-order valence-corrected chi connectivity index (χ4v) is 3.03. The lowest BCUT2D eigenvalue weighted by Crippen LogP contribution is -2.48. The van der Waals surface area contributed by atoms with Gasteiger partial charge in [0.15, 0.2) is 0 Å². The number of nitrogens with zero attached hydrogens (tertiary/aromatic N) is 1. The molecule has 0 atom stereocenters. The fraction of sp³-hybridized carbons (Fsp3) is 0.562. The van der Waals surface area contributed by atoms with Crippen LogP contribution in [-0.2, 0) is 4.74 Å². The molecule has 2 fully saturated rings. The van der Waals surface area contributed by atoms with Gasteiger partial charge in [-0.15, -0.1) is 0 Å². The molecule has 126 valence electrons. The van der Waals surface area contributed by atoms with E-state index < -0.39 is 5.60 Å². The predicted molar refractivity (Wildman–Crippen MR) is 90.3 cm³/mol. The molecule has 1 heterocycles. The van der Waals surface area contributed by atoms with Crippen molar-refractivity contribution in [2.24, 2.45) is 0 Å². The molecule has 1 saturated carbocycles. The molecule has 1 aliphatic carbocycles. The number of morpholine rings is 1. The van der Waals surface area contributed by atoms with Gasteiger partial charge in [-0.05, 0) is 37.5 Å². The highest BCUT2D eigenvalue weighted by molar-refractivity contribution is 6.31. The van der Waals surface area contributed by atoms with E-state index in [0.717, 1.165) is 38.0 Å². The minimum Gasteiger partial charge on any atom is -0.388 e. The van der Waals surface area contributed by atoms with Gasteiger partial charge in [-0.2, -0.15) is 0 Å². The van der Waals surface area contributed by atoms with Gasteiger partial charge < -0.3 is 25.4 Å². The second kappa shape index (κ2) is 6.95. The summed E-state index contributed by atoms with van der Waals surface area (Å²) in [5.74, 6) is 0. The summed E-state index contributed by atoms with van der Waals surface area (Å²) in [7, 11) is 0. The normalized spacial score (nSPS) is 19.8. The Kier molecular flexibility index (Phi) is 4.94. The highest BCUT2D eigenvalue weighted by Crippen LogP contribution is 2.31. The van der Waals surface area contributed by atoms with E-state index in [4.69, 9.17) is 16.3 Å². The summed E-state index contributed by atoms with van der Waals surface area (Å²) < 4.78 is 5.37. The number of amides is 2. The molecule has 0 spiro atoms. The van der Waals surface area contributed by atoms with Crippen LogP contribution in [0.1, 0.15) is 19.3 Å². The summed E-state index contributed by atoms with van der Waals surface area (Å²) in [5.41, 5.74) is 0.853. The van der Waals surface area contributed by atoms with Crippen molar-refractivity contribution >= 4 is 29.0 Å². The Balaban J connectivity index is 1.65. The number of rotatable bonds is 4. The second-order valence-electron chi connectivity index (χ2n) is 6.15. The number of anilines is 2. The molecule has 2 aliphatic rings. The third-order valence-corrected chi connectivity index (χ3v) is 4.66. The fourth-order valence-electron chi connectivity index (χ4n) is 2.86. The van der Waals surface area contributed by atoms with Gasteiger partial charge in [-0.1, -0.05) is 11.6 Å². The van der Waals surface area contributed by atoms with E-state index in [1.807, 2.05) is 12.1 Å². The summed E-state index contributed by atoms with van der Waals surface area (Å²) in [6.45, 7) is 3.16. The quantitative estimate of drug-likeness (QED) is 0.786. The number of hydrogen-bond donors (Lipinski definition) is 3. The smallest absolute Gasteiger partial charge is 0.319 e. The standard InChI is InChI=1S/C16H22ClN3O3/c17-12-2-3-14(20-6-8-23-9-7-20)13(10-12)19-15(21)18-11-16(22)4-1-5-16/h2-3,10,22H,1,4-9,11H2,(H2,18,19,21). The molecule has 3 N–H and O–H groups in total. The SMILES string of the molecule is O=C(NCC1(O)CCC1)Nc1cc(Cl)ccc1N1CCOCC1. The molecule has 0 unspecified atom stereocenters. The number of nitrogens with one attached hydrogen (secondary N) is 2. The maximum Gasteiger partial charge on any atom is 0.319 e. The lowest BCUT2D eigenvalue weighted by Gasteiger charge is -2.36. The Labute approximate surface area is 140 Å². The van der Waals surface area contributed by atoms with Crippen molar-refractivity contribution < 1.29 is 14.6 Å². The minimum atomic E-state index is -0.737. The zero-order chi connectivity index (χ0) is 16.3. The molecule has 0 radical (unpaired) electrons. The highest BCUT2D eigenvalue weighted by Gasteiger charge is 2.34. The van der Waals surface area contributed by atoms with E-state index in [1.54, 1.807) is 6.07 Å². The van der Waals surface area contributed by atoms with Crippen molar-refractivity contribution in [3.05, 3.63) is 23.2 Å². The summed E-state index contributed by atoms with van der Waals surface area (Å²) >= 11 is 6.07. The van der Waals surface area contributed by atoms with Crippen LogP contribution in [0.25, 0.3) is 0 Å². The number of carbonyl (C=O) groups is 1. The average molecular weight is 340 g/mol. The molecule has 1 aromatic carbocycles. The van der Waals surface area contributed by atoms with Crippen LogP contribution < -0.4 is 15.5 Å². The van der Waals surface area contributed by atoms with Crippen molar-refractivity contribution in [1.29, 1.82) is 0 Å². The Morgan fingerprint density at radius 3 is 2.74 bits per heavy atom. The van der Waals surface area contributed by atoms with Crippen molar-refractivity contribution in [2.45, 2.75) is 24.9 Å². The van der Waals surface area contributed by atoms with Gasteiger partial charge in [0.2, 0.25) is 0 Å². The van der Waals surface area contributed by atoms with Crippen LogP contribution in [-0.4, -0.2) is 49.6 Å².